The number of hydrogen-bond donors (Lipinski definition) is 0. The maximum Gasteiger partial charge on any atom is 0.241 e. The Morgan fingerprint density at radius 1 is 1.19 bits per heavy atom. The largest absolute Gasteiger partial charge is 0.496 e. The molecule has 0 N–H and O–H groups in total. The van der Waals surface area contributed by atoms with Gasteiger partial charge >= 0.3 is 0 Å². The highest BCUT2D eigenvalue weighted by atomic mass is 32.1. The summed E-state index contributed by atoms with van der Waals surface area (Å²) in [5.41, 5.74) is 2.12. The third-order valence-corrected chi connectivity index (χ3v) is 4.84. The molecule has 27 heavy (non-hydrogen) atoms. The molecule has 7 heteroatoms. The minimum atomic E-state index is -0.364. The predicted molar refractivity (Wildman–Crippen MR) is 101 cm³/mol. The van der Waals surface area contributed by atoms with Crippen LogP contribution in [0, 0.1) is 5.82 Å². The molecule has 0 saturated heterocycles. The van der Waals surface area contributed by atoms with Crippen molar-refractivity contribution in [3.05, 3.63) is 83.1 Å². The molecule has 0 fully saturated rings. The van der Waals surface area contributed by atoms with Gasteiger partial charge in [0.1, 0.15) is 23.6 Å². The number of thiazole rings is 1. The number of carbonyl (C=O) groups excluding carboxylic acids is 1. The van der Waals surface area contributed by atoms with Gasteiger partial charge in [-0.15, -0.1) is 11.3 Å². The van der Waals surface area contributed by atoms with Gasteiger partial charge in [0.25, 0.3) is 0 Å². The molecule has 0 bridgehead atoms. The smallest absolute Gasteiger partial charge is 0.241 e. The number of methoxy groups -OCH3 is 1. The van der Waals surface area contributed by atoms with Gasteiger partial charge in [0.05, 0.1) is 12.7 Å². The molecule has 4 aromatic rings. The molecular formula is C20H14FN3O2S. The van der Waals surface area contributed by atoms with Gasteiger partial charge in [-0.25, -0.2) is 14.4 Å². The van der Waals surface area contributed by atoms with Crippen LogP contribution in [-0.2, 0) is 0 Å². The standard InChI is InChI=1S/C20H14FN3O2S/c1-26-17-7-3-6-15(21)18(17)13-4-2-5-14(10-13)24-11-16(23-12-24)19(25)20-22-8-9-27-20/h2-12H,1H3. The van der Waals surface area contributed by atoms with Gasteiger partial charge < -0.3 is 9.30 Å². The number of ether oxygens (including phenoxy) is 1. The van der Waals surface area contributed by atoms with Crippen molar-refractivity contribution in [2.45, 2.75) is 0 Å². The molecular weight excluding hydrogens is 365 g/mol. The zero-order chi connectivity index (χ0) is 18.8. The number of benzene rings is 2. The minimum Gasteiger partial charge on any atom is -0.496 e. The second kappa shape index (κ2) is 7.13. The fourth-order valence-electron chi connectivity index (χ4n) is 2.80. The van der Waals surface area contributed by atoms with Crippen LogP contribution < -0.4 is 4.74 Å². The lowest BCUT2D eigenvalue weighted by molar-refractivity contribution is 0.103. The van der Waals surface area contributed by atoms with Crippen molar-refractivity contribution in [1.82, 2.24) is 14.5 Å². The zero-order valence-corrected chi connectivity index (χ0v) is 15.1. The molecule has 2 heterocycles. The first-order valence-corrected chi connectivity index (χ1v) is 8.97. The molecule has 0 spiro atoms. The number of nitrogens with zero attached hydrogens (tertiary/aromatic N) is 3. The van der Waals surface area contributed by atoms with Gasteiger partial charge in [-0.2, -0.15) is 0 Å². The van der Waals surface area contributed by atoms with Crippen LogP contribution in [0.1, 0.15) is 15.5 Å². The Hall–Kier alpha value is -3.32. The van der Waals surface area contributed by atoms with E-state index in [9.17, 15) is 9.18 Å². The van der Waals surface area contributed by atoms with Crippen LogP contribution in [0.25, 0.3) is 16.8 Å². The van der Waals surface area contributed by atoms with Crippen LogP contribution in [0.4, 0.5) is 4.39 Å². The Labute approximate surface area is 158 Å². The summed E-state index contributed by atoms with van der Waals surface area (Å²) in [5, 5.41) is 2.14. The molecule has 2 aromatic heterocycles. The van der Waals surface area contributed by atoms with Crippen molar-refractivity contribution in [3.8, 4) is 22.6 Å². The summed E-state index contributed by atoms with van der Waals surface area (Å²) >= 11 is 1.27. The van der Waals surface area contributed by atoms with Crippen LogP contribution in [0.3, 0.4) is 0 Å². The number of rotatable bonds is 5. The first kappa shape index (κ1) is 17.1. The number of halogens is 1. The summed E-state index contributed by atoms with van der Waals surface area (Å²) < 4.78 is 21.4. The molecule has 0 aliphatic heterocycles. The van der Waals surface area contributed by atoms with Crippen molar-refractivity contribution in [2.24, 2.45) is 0 Å². The van der Waals surface area contributed by atoms with E-state index in [1.807, 2.05) is 24.3 Å². The quantitative estimate of drug-likeness (QED) is 0.483. The average molecular weight is 379 g/mol. The number of carbonyl (C=O) groups is 1. The van der Waals surface area contributed by atoms with Crippen molar-refractivity contribution in [3.63, 3.8) is 0 Å². The van der Waals surface area contributed by atoms with Gasteiger partial charge in [0.15, 0.2) is 5.01 Å². The highest BCUT2D eigenvalue weighted by Gasteiger charge is 2.16. The third kappa shape index (κ3) is 3.24. The molecule has 0 amide bonds. The van der Waals surface area contributed by atoms with E-state index in [0.29, 0.717) is 27.6 Å². The Morgan fingerprint density at radius 2 is 2.04 bits per heavy atom. The molecule has 0 saturated carbocycles. The zero-order valence-electron chi connectivity index (χ0n) is 14.3. The summed E-state index contributed by atoms with van der Waals surface area (Å²) in [6, 6.07) is 12.0. The van der Waals surface area contributed by atoms with Crippen molar-refractivity contribution < 1.29 is 13.9 Å². The van der Waals surface area contributed by atoms with Crippen LogP contribution in [0.15, 0.2) is 66.6 Å². The Bertz CT molecular complexity index is 1110. The average Bonchev–Trinajstić information content (AvgIpc) is 3.39. The number of ketones is 1. The maximum absolute atomic E-state index is 14.4. The third-order valence-electron chi connectivity index (χ3n) is 4.07. The fraction of sp³-hybridized carbons (Fsp3) is 0.0500. The molecule has 0 aliphatic rings. The van der Waals surface area contributed by atoms with E-state index >= 15 is 0 Å². The van der Waals surface area contributed by atoms with Crippen molar-refractivity contribution >= 4 is 17.1 Å². The maximum atomic E-state index is 14.4. The first-order chi connectivity index (χ1) is 13.2. The highest BCUT2D eigenvalue weighted by Crippen LogP contribution is 2.33. The summed E-state index contributed by atoms with van der Waals surface area (Å²) in [6.45, 7) is 0. The molecule has 0 radical (unpaired) electrons. The lowest BCUT2D eigenvalue weighted by Crippen LogP contribution is -2.00. The van der Waals surface area contributed by atoms with Gasteiger partial charge in [0, 0.05) is 23.5 Å². The molecule has 4 rings (SSSR count). The van der Waals surface area contributed by atoms with Crippen molar-refractivity contribution in [1.29, 1.82) is 0 Å². The van der Waals surface area contributed by atoms with E-state index in [0.717, 1.165) is 5.69 Å². The topological polar surface area (TPSA) is 57.0 Å². The van der Waals surface area contributed by atoms with E-state index < -0.39 is 0 Å². The Kier molecular flexibility index (Phi) is 4.52. The first-order valence-electron chi connectivity index (χ1n) is 8.09. The molecule has 134 valence electrons. The van der Waals surface area contributed by atoms with E-state index in [-0.39, 0.29) is 11.6 Å². The van der Waals surface area contributed by atoms with Crippen LogP contribution in [-0.4, -0.2) is 27.4 Å². The molecule has 0 atom stereocenters. The molecule has 0 unspecified atom stereocenters. The molecule has 0 aliphatic carbocycles. The summed E-state index contributed by atoms with van der Waals surface area (Å²) in [5.74, 6) is -0.134. The normalized spacial score (nSPS) is 10.7. The molecule has 5 nitrogen and oxygen atoms in total. The SMILES string of the molecule is COc1cccc(F)c1-c1cccc(-n2cnc(C(=O)c3nccs3)c2)c1. The Balaban J connectivity index is 1.71. The van der Waals surface area contributed by atoms with Gasteiger partial charge in [-0.05, 0) is 29.8 Å². The summed E-state index contributed by atoms with van der Waals surface area (Å²) in [7, 11) is 1.51. The number of hydrogen-bond acceptors (Lipinski definition) is 5. The lowest BCUT2D eigenvalue weighted by Gasteiger charge is -2.11. The predicted octanol–water partition coefficient (Wildman–Crippen LogP) is 4.37. The van der Waals surface area contributed by atoms with Gasteiger partial charge in [0.2, 0.25) is 5.78 Å². The van der Waals surface area contributed by atoms with E-state index in [1.54, 1.807) is 40.8 Å². The van der Waals surface area contributed by atoms with E-state index in [1.165, 1.54) is 24.5 Å². The molecule has 2 aromatic carbocycles. The monoisotopic (exact) mass is 379 g/mol. The minimum absolute atomic E-state index is 0.226. The van der Waals surface area contributed by atoms with Crippen LogP contribution in [0.2, 0.25) is 0 Å². The van der Waals surface area contributed by atoms with E-state index in [2.05, 4.69) is 9.97 Å². The number of imidazole rings is 1. The fourth-order valence-corrected chi connectivity index (χ4v) is 3.39. The summed E-state index contributed by atoms with van der Waals surface area (Å²) in [4.78, 5) is 20.6. The summed E-state index contributed by atoms with van der Waals surface area (Å²) in [6.07, 6.45) is 4.78. The van der Waals surface area contributed by atoms with Gasteiger partial charge in [-0.1, -0.05) is 18.2 Å². The second-order valence-electron chi connectivity index (χ2n) is 5.70. The highest BCUT2D eigenvalue weighted by molar-refractivity contribution is 7.11. The van der Waals surface area contributed by atoms with E-state index in [4.69, 9.17) is 4.74 Å². The lowest BCUT2D eigenvalue weighted by atomic mass is 10.0. The van der Waals surface area contributed by atoms with Crippen LogP contribution >= 0.6 is 11.3 Å². The van der Waals surface area contributed by atoms with Crippen LogP contribution in [0.5, 0.6) is 5.75 Å². The number of aromatic nitrogens is 3. The Morgan fingerprint density at radius 3 is 2.81 bits per heavy atom. The second-order valence-corrected chi connectivity index (χ2v) is 6.59. The van der Waals surface area contributed by atoms with Crippen molar-refractivity contribution in [2.75, 3.05) is 7.11 Å². The van der Waals surface area contributed by atoms with Gasteiger partial charge in [-0.3, -0.25) is 4.79 Å².